The van der Waals surface area contributed by atoms with Gasteiger partial charge in [0.15, 0.2) is 6.10 Å². The second-order valence-electron chi connectivity index (χ2n) is 4.79. The Kier molecular flexibility index (Phi) is 5.63. The number of nitrogens with one attached hydrogen (secondary N) is 1. The first-order chi connectivity index (χ1) is 11.1. The van der Waals surface area contributed by atoms with Crippen LogP contribution in [0.5, 0.6) is 0 Å². The number of ether oxygens (including phenoxy) is 1. The van der Waals surface area contributed by atoms with Gasteiger partial charge in [0.25, 0.3) is 5.91 Å². The number of para-hydroxylation sites is 1. The van der Waals surface area contributed by atoms with E-state index in [1.165, 1.54) is 31.2 Å². The summed E-state index contributed by atoms with van der Waals surface area (Å²) in [5.41, 5.74) is 0.883. The van der Waals surface area contributed by atoms with Gasteiger partial charge in [-0.15, -0.1) is 0 Å². The molecule has 0 aliphatic carbocycles. The van der Waals surface area contributed by atoms with E-state index >= 15 is 0 Å². The zero-order valence-electron chi connectivity index (χ0n) is 12.5. The summed E-state index contributed by atoms with van der Waals surface area (Å²) in [5, 5.41) is 2.37. The Balaban J connectivity index is 1.89. The van der Waals surface area contributed by atoms with Gasteiger partial charge in [-0.1, -0.05) is 42.5 Å². The summed E-state index contributed by atoms with van der Waals surface area (Å²) >= 11 is 0. The maximum absolute atomic E-state index is 13.5. The smallest absolute Gasteiger partial charge is 0.331 e. The molecule has 118 valence electrons. The predicted molar refractivity (Wildman–Crippen MR) is 86.1 cm³/mol. The van der Waals surface area contributed by atoms with Crippen LogP contribution in [0.15, 0.2) is 60.7 Å². The van der Waals surface area contributed by atoms with Crippen LogP contribution in [-0.2, 0) is 14.3 Å². The topological polar surface area (TPSA) is 55.4 Å². The molecular formula is C18H16FNO3. The SMILES string of the molecule is C[C@H](OC(=O)/C=C/c1ccccc1)C(=O)Nc1ccccc1F. The molecule has 1 amide bonds. The van der Waals surface area contributed by atoms with Gasteiger partial charge < -0.3 is 10.1 Å². The molecule has 0 saturated carbocycles. The van der Waals surface area contributed by atoms with Crippen molar-refractivity contribution in [3.8, 4) is 0 Å². The average Bonchev–Trinajstić information content (AvgIpc) is 2.56. The fourth-order valence-electron chi connectivity index (χ4n) is 1.79. The van der Waals surface area contributed by atoms with Crippen LogP contribution in [0.1, 0.15) is 12.5 Å². The highest BCUT2D eigenvalue weighted by Gasteiger charge is 2.17. The second kappa shape index (κ2) is 7.89. The van der Waals surface area contributed by atoms with E-state index < -0.39 is 23.8 Å². The lowest BCUT2D eigenvalue weighted by molar-refractivity contribution is -0.148. The number of carbonyl (C=O) groups is 2. The van der Waals surface area contributed by atoms with Crippen LogP contribution in [0, 0.1) is 5.82 Å². The Morgan fingerprint density at radius 2 is 1.74 bits per heavy atom. The first kappa shape index (κ1) is 16.4. The number of halogens is 1. The molecule has 2 aromatic carbocycles. The third-order valence-electron chi connectivity index (χ3n) is 3.01. The Morgan fingerprint density at radius 3 is 2.43 bits per heavy atom. The van der Waals surface area contributed by atoms with Crippen LogP contribution >= 0.6 is 0 Å². The van der Waals surface area contributed by atoms with Crippen LogP contribution in [0.2, 0.25) is 0 Å². The Hall–Kier alpha value is -2.95. The maximum Gasteiger partial charge on any atom is 0.331 e. The number of anilines is 1. The average molecular weight is 313 g/mol. The minimum absolute atomic E-state index is 0.0419. The molecule has 0 saturated heterocycles. The zero-order chi connectivity index (χ0) is 16.7. The standard InChI is InChI=1S/C18H16FNO3/c1-13(18(22)20-16-10-6-5-9-15(16)19)23-17(21)12-11-14-7-3-2-4-8-14/h2-13H,1H3,(H,20,22)/b12-11+/t13-/m0/s1. The van der Waals surface area contributed by atoms with Crippen LogP contribution in [-0.4, -0.2) is 18.0 Å². The molecule has 0 heterocycles. The van der Waals surface area contributed by atoms with E-state index in [0.717, 1.165) is 5.56 Å². The van der Waals surface area contributed by atoms with E-state index in [1.54, 1.807) is 12.1 Å². The highest BCUT2D eigenvalue weighted by Crippen LogP contribution is 2.13. The molecule has 1 N–H and O–H groups in total. The van der Waals surface area contributed by atoms with Gasteiger partial charge in [0.05, 0.1) is 5.69 Å². The van der Waals surface area contributed by atoms with Crippen molar-refractivity contribution in [1.29, 1.82) is 0 Å². The fraction of sp³-hybridized carbons (Fsp3) is 0.111. The van der Waals surface area contributed by atoms with Crippen molar-refractivity contribution in [1.82, 2.24) is 0 Å². The van der Waals surface area contributed by atoms with Gasteiger partial charge in [0.1, 0.15) is 5.82 Å². The molecule has 0 radical (unpaired) electrons. The van der Waals surface area contributed by atoms with Gasteiger partial charge in [-0.3, -0.25) is 4.79 Å². The second-order valence-corrected chi connectivity index (χ2v) is 4.79. The van der Waals surface area contributed by atoms with Crippen molar-refractivity contribution >= 4 is 23.6 Å². The van der Waals surface area contributed by atoms with Crippen LogP contribution in [0.3, 0.4) is 0 Å². The first-order valence-corrected chi connectivity index (χ1v) is 7.05. The number of amides is 1. The van der Waals surface area contributed by atoms with E-state index in [9.17, 15) is 14.0 Å². The molecule has 0 bridgehead atoms. The molecule has 23 heavy (non-hydrogen) atoms. The zero-order valence-corrected chi connectivity index (χ0v) is 12.5. The van der Waals surface area contributed by atoms with Crippen LogP contribution in [0.25, 0.3) is 6.08 Å². The van der Waals surface area contributed by atoms with Crippen molar-refractivity contribution in [3.05, 3.63) is 72.1 Å². The van der Waals surface area contributed by atoms with E-state index in [-0.39, 0.29) is 5.69 Å². The summed E-state index contributed by atoms with van der Waals surface area (Å²) in [6, 6.07) is 15.0. The van der Waals surface area contributed by atoms with Gasteiger partial charge in [-0.05, 0) is 30.7 Å². The quantitative estimate of drug-likeness (QED) is 0.680. The van der Waals surface area contributed by atoms with E-state index in [2.05, 4.69) is 5.32 Å². The number of hydrogen-bond donors (Lipinski definition) is 1. The Labute approximate surface area is 133 Å². The Bertz CT molecular complexity index is 713. The lowest BCUT2D eigenvalue weighted by atomic mass is 10.2. The molecule has 0 spiro atoms. The molecule has 0 aromatic heterocycles. The van der Waals surface area contributed by atoms with Crippen LogP contribution < -0.4 is 5.32 Å². The number of hydrogen-bond acceptors (Lipinski definition) is 3. The monoisotopic (exact) mass is 313 g/mol. The van der Waals surface area contributed by atoms with Crippen molar-refractivity contribution < 1.29 is 18.7 Å². The molecule has 5 heteroatoms. The molecular weight excluding hydrogens is 297 g/mol. The number of benzene rings is 2. The highest BCUT2D eigenvalue weighted by molar-refractivity contribution is 5.96. The lowest BCUT2D eigenvalue weighted by Gasteiger charge is -2.12. The normalized spacial score (nSPS) is 11.9. The predicted octanol–water partition coefficient (Wildman–Crippen LogP) is 3.41. The van der Waals surface area contributed by atoms with Gasteiger partial charge in [-0.2, -0.15) is 0 Å². The number of esters is 1. The van der Waals surface area contributed by atoms with Gasteiger partial charge in [-0.25, -0.2) is 9.18 Å². The first-order valence-electron chi connectivity index (χ1n) is 7.05. The van der Waals surface area contributed by atoms with E-state index in [0.29, 0.717) is 0 Å². The third-order valence-corrected chi connectivity index (χ3v) is 3.01. The van der Waals surface area contributed by atoms with Crippen molar-refractivity contribution in [2.45, 2.75) is 13.0 Å². The summed E-state index contributed by atoms with van der Waals surface area (Å²) < 4.78 is 18.4. The maximum atomic E-state index is 13.5. The summed E-state index contributed by atoms with van der Waals surface area (Å²) in [6.45, 7) is 1.42. The molecule has 4 nitrogen and oxygen atoms in total. The molecule has 0 aliphatic heterocycles. The summed E-state index contributed by atoms with van der Waals surface area (Å²) in [4.78, 5) is 23.6. The van der Waals surface area contributed by atoms with Crippen molar-refractivity contribution in [3.63, 3.8) is 0 Å². The van der Waals surface area contributed by atoms with Crippen molar-refractivity contribution in [2.75, 3.05) is 5.32 Å². The molecule has 2 aromatic rings. The minimum atomic E-state index is -1.04. The van der Waals surface area contributed by atoms with Crippen molar-refractivity contribution in [2.24, 2.45) is 0 Å². The Morgan fingerprint density at radius 1 is 1.09 bits per heavy atom. The summed E-state index contributed by atoms with van der Waals surface area (Å²) in [5.74, 6) is -1.80. The van der Waals surface area contributed by atoms with Crippen LogP contribution in [0.4, 0.5) is 10.1 Å². The highest BCUT2D eigenvalue weighted by atomic mass is 19.1. The molecule has 0 aliphatic rings. The molecule has 1 atom stereocenters. The summed E-state index contributed by atoms with van der Waals surface area (Å²) in [7, 11) is 0. The summed E-state index contributed by atoms with van der Waals surface area (Å²) in [6.07, 6.45) is 1.79. The third kappa shape index (κ3) is 5.07. The largest absolute Gasteiger partial charge is 0.449 e. The van der Waals surface area contributed by atoms with Gasteiger partial charge >= 0.3 is 5.97 Å². The molecule has 0 fully saturated rings. The minimum Gasteiger partial charge on any atom is -0.449 e. The fourth-order valence-corrected chi connectivity index (χ4v) is 1.79. The number of carbonyl (C=O) groups excluding carboxylic acids is 2. The van der Waals surface area contributed by atoms with Gasteiger partial charge in [0.2, 0.25) is 0 Å². The number of rotatable bonds is 5. The lowest BCUT2D eigenvalue weighted by Crippen LogP contribution is -2.29. The van der Waals surface area contributed by atoms with E-state index in [4.69, 9.17) is 4.74 Å². The molecule has 2 rings (SSSR count). The van der Waals surface area contributed by atoms with Gasteiger partial charge in [0, 0.05) is 6.08 Å². The molecule has 0 unspecified atom stereocenters. The van der Waals surface area contributed by atoms with E-state index in [1.807, 2.05) is 30.3 Å².